The predicted molar refractivity (Wildman–Crippen MR) is 83.2 cm³/mol. The van der Waals surface area contributed by atoms with Crippen molar-refractivity contribution in [2.24, 2.45) is 11.7 Å². The maximum Gasteiger partial charge on any atom is 0.158 e. The van der Waals surface area contributed by atoms with Crippen molar-refractivity contribution in [3.8, 4) is 0 Å². The Hall–Kier alpha value is -0.870. The van der Waals surface area contributed by atoms with Gasteiger partial charge in [-0.3, -0.25) is 0 Å². The average Bonchev–Trinajstić information content (AvgIpc) is 2.41. The fraction of sp³-hybridized carbons (Fsp3) is 0.625. The van der Waals surface area contributed by atoms with E-state index in [2.05, 4.69) is 6.92 Å². The lowest BCUT2D eigenvalue weighted by atomic mass is 9.84. The van der Waals surface area contributed by atoms with Crippen LogP contribution in [0.15, 0.2) is 24.3 Å². The number of sulfone groups is 1. The van der Waals surface area contributed by atoms with Gasteiger partial charge >= 0.3 is 0 Å². The molecule has 1 aliphatic carbocycles. The molecule has 0 aromatic heterocycles. The highest BCUT2D eigenvalue weighted by Gasteiger charge is 2.36. The molecule has 20 heavy (non-hydrogen) atoms. The number of aryl methyl sites for hydroxylation is 1. The molecule has 0 heterocycles. The van der Waals surface area contributed by atoms with E-state index in [1.54, 1.807) is 0 Å². The largest absolute Gasteiger partial charge is 0.327 e. The molecule has 112 valence electrons. The van der Waals surface area contributed by atoms with E-state index in [1.807, 2.05) is 31.2 Å². The van der Waals surface area contributed by atoms with E-state index >= 15 is 0 Å². The van der Waals surface area contributed by atoms with Crippen LogP contribution in [0.3, 0.4) is 0 Å². The van der Waals surface area contributed by atoms with E-state index in [-0.39, 0.29) is 17.0 Å². The molecule has 0 amide bonds. The van der Waals surface area contributed by atoms with Crippen molar-refractivity contribution in [1.82, 2.24) is 0 Å². The minimum absolute atomic E-state index is 0.120. The molecule has 1 aromatic carbocycles. The second kappa shape index (κ2) is 6.27. The summed E-state index contributed by atoms with van der Waals surface area (Å²) >= 11 is 0. The fourth-order valence-corrected chi connectivity index (χ4v) is 5.32. The second-order valence-electron chi connectivity index (χ2n) is 6.02. The average molecular weight is 295 g/mol. The minimum atomic E-state index is -3.18. The van der Waals surface area contributed by atoms with Gasteiger partial charge < -0.3 is 5.73 Å². The summed E-state index contributed by atoms with van der Waals surface area (Å²) in [5.74, 6) is 0.625. The van der Waals surface area contributed by atoms with Crippen LogP contribution in [0.2, 0.25) is 0 Å². The van der Waals surface area contributed by atoms with Gasteiger partial charge in [0.15, 0.2) is 9.84 Å². The SMILES string of the molecule is CCC1CCC(N)C(S(=O)(=O)Cc2ccccc2C)C1. The van der Waals surface area contributed by atoms with Crippen LogP contribution < -0.4 is 5.73 Å². The Bertz CT molecular complexity index is 553. The molecule has 4 heteroatoms. The Morgan fingerprint density at radius 1 is 1.25 bits per heavy atom. The molecule has 2 rings (SSSR count). The van der Waals surface area contributed by atoms with Gasteiger partial charge in [0, 0.05) is 6.04 Å². The maximum absolute atomic E-state index is 12.7. The highest BCUT2D eigenvalue weighted by atomic mass is 32.2. The van der Waals surface area contributed by atoms with Crippen molar-refractivity contribution in [1.29, 1.82) is 0 Å². The summed E-state index contributed by atoms with van der Waals surface area (Å²) in [6.07, 6.45) is 3.67. The summed E-state index contributed by atoms with van der Waals surface area (Å²) in [6.45, 7) is 4.09. The van der Waals surface area contributed by atoms with Crippen LogP contribution in [-0.2, 0) is 15.6 Å². The van der Waals surface area contributed by atoms with Gasteiger partial charge in [0.25, 0.3) is 0 Å². The molecule has 1 fully saturated rings. The Morgan fingerprint density at radius 3 is 2.60 bits per heavy atom. The summed E-state index contributed by atoms with van der Waals surface area (Å²) in [4.78, 5) is 0. The fourth-order valence-electron chi connectivity index (χ4n) is 3.11. The predicted octanol–water partition coefficient (Wildman–Crippen LogP) is 2.82. The van der Waals surface area contributed by atoms with Gasteiger partial charge in [0.2, 0.25) is 0 Å². The molecule has 0 saturated heterocycles. The lowest BCUT2D eigenvalue weighted by Crippen LogP contribution is -2.45. The number of hydrogen-bond acceptors (Lipinski definition) is 3. The van der Waals surface area contributed by atoms with Crippen molar-refractivity contribution in [3.63, 3.8) is 0 Å². The molecule has 1 saturated carbocycles. The van der Waals surface area contributed by atoms with Crippen LogP contribution >= 0.6 is 0 Å². The van der Waals surface area contributed by atoms with Gasteiger partial charge in [0.1, 0.15) is 0 Å². The molecule has 3 atom stereocenters. The zero-order valence-electron chi connectivity index (χ0n) is 12.4. The Kier molecular flexibility index (Phi) is 4.86. The molecule has 1 aliphatic rings. The monoisotopic (exact) mass is 295 g/mol. The molecule has 3 unspecified atom stereocenters. The summed E-state index contributed by atoms with van der Waals surface area (Å²) in [5.41, 5.74) is 8.03. The topological polar surface area (TPSA) is 60.2 Å². The van der Waals surface area contributed by atoms with E-state index in [4.69, 9.17) is 5.73 Å². The zero-order chi connectivity index (χ0) is 14.8. The second-order valence-corrected chi connectivity index (χ2v) is 8.24. The van der Waals surface area contributed by atoms with E-state index in [0.717, 1.165) is 36.8 Å². The van der Waals surface area contributed by atoms with Crippen molar-refractivity contribution >= 4 is 9.84 Å². The Balaban J connectivity index is 2.19. The number of rotatable bonds is 4. The first kappa shape index (κ1) is 15.5. The Labute approximate surface area is 122 Å². The maximum atomic E-state index is 12.7. The molecular weight excluding hydrogens is 270 g/mol. The smallest absolute Gasteiger partial charge is 0.158 e. The molecule has 2 N–H and O–H groups in total. The third-order valence-electron chi connectivity index (χ3n) is 4.61. The molecule has 1 aromatic rings. The number of nitrogens with two attached hydrogens (primary N) is 1. The van der Waals surface area contributed by atoms with Crippen LogP contribution in [0.1, 0.15) is 43.7 Å². The molecule has 0 spiro atoms. The van der Waals surface area contributed by atoms with Crippen LogP contribution in [0.5, 0.6) is 0 Å². The normalized spacial score (nSPS) is 27.4. The first-order valence-corrected chi connectivity index (χ1v) is 9.17. The van der Waals surface area contributed by atoms with Crippen LogP contribution in [0.4, 0.5) is 0 Å². The minimum Gasteiger partial charge on any atom is -0.327 e. The van der Waals surface area contributed by atoms with E-state index < -0.39 is 9.84 Å². The molecule has 3 nitrogen and oxygen atoms in total. The van der Waals surface area contributed by atoms with Crippen LogP contribution in [0.25, 0.3) is 0 Å². The standard InChI is InChI=1S/C16H25NO2S/c1-3-13-8-9-15(17)16(10-13)20(18,19)11-14-7-5-4-6-12(14)2/h4-7,13,15-16H,3,8-11,17H2,1-2H3. The van der Waals surface area contributed by atoms with E-state index in [1.165, 1.54) is 0 Å². The molecule has 0 radical (unpaired) electrons. The zero-order valence-corrected chi connectivity index (χ0v) is 13.2. The third-order valence-corrected chi connectivity index (χ3v) is 6.79. The lowest BCUT2D eigenvalue weighted by Gasteiger charge is -2.33. The van der Waals surface area contributed by atoms with Crippen LogP contribution in [-0.4, -0.2) is 19.7 Å². The first-order valence-electron chi connectivity index (χ1n) is 7.45. The number of hydrogen-bond donors (Lipinski definition) is 1. The van der Waals surface area contributed by atoms with Gasteiger partial charge in [-0.05, 0) is 43.2 Å². The van der Waals surface area contributed by atoms with Gasteiger partial charge in [-0.25, -0.2) is 8.42 Å². The van der Waals surface area contributed by atoms with Crippen molar-refractivity contribution in [2.45, 2.75) is 56.6 Å². The van der Waals surface area contributed by atoms with Gasteiger partial charge in [0.05, 0.1) is 11.0 Å². The van der Waals surface area contributed by atoms with Crippen molar-refractivity contribution in [3.05, 3.63) is 35.4 Å². The van der Waals surface area contributed by atoms with Crippen molar-refractivity contribution in [2.75, 3.05) is 0 Å². The third kappa shape index (κ3) is 3.41. The summed E-state index contributed by atoms with van der Waals surface area (Å²) in [6, 6.07) is 7.49. The highest BCUT2D eigenvalue weighted by molar-refractivity contribution is 7.91. The Morgan fingerprint density at radius 2 is 1.95 bits per heavy atom. The van der Waals surface area contributed by atoms with E-state index in [9.17, 15) is 8.42 Å². The quantitative estimate of drug-likeness (QED) is 0.929. The van der Waals surface area contributed by atoms with Crippen LogP contribution in [0, 0.1) is 12.8 Å². The molecule has 0 bridgehead atoms. The number of benzene rings is 1. The van der Waals surface area contributed by atoms with Crippen molar-refractivity contribution < 1.29 is 8.42 Å². The van der Waals surface area contributed by atoms with Gasteiger partial charge in [-0.2, -0.15) is 0 Å². The molecular formula is C16H25NO2S. The molecule has 0 aliphatic heterocycles. The van der Waals surface area contributed by atoms with Gasteiger partial charge in [-0.1, -0.05) is 37.6 Å². The summed E-state index contributed by atoms with van der Waals surface area (Å²) < 4.78 is 25.4. The lowest BCUT2D eigenvalue weighted by molar-refractivity contribution is 0.319. The first-order chi connectivity index (χ1) is 9.44. The van der Waals surface area contributed by atoms with Gasteiger partial charge in [-0.15, -0.1) is 0 Å². The highest BCUT2D eigenvalue weighted by Crippen LogP contribution is 2.31. The summed E-state index contributed by atoms with van der Waals surface area (Å²) in [7, 11) is -3.18. The summed E-state index contributed by atoms with van der Waals surface area (Å²) in [5, 5.41) is -0.374. The van der Waals surface area contributed by atoms with E-state index in [0.29, 0.717) is 5.92 Å².